The maximum absolute atomic E-state index is 14.7. The summed E-state index contributed by atoms with van der Waals surface area (Å²) < 4.78 is 75.5. The molecule has 3 unspecified atom stereocenters. The van der Waals surface area contributed by atoms with Gasteiger partial charge in [0.2, 0.25) is 18.3 Å². The number of nitrogens with zero attached hydrogens (tertiary/aromatic N) is 2. The number of anilines is 1. The highest BCUT2D eigenvalue weighted by Gasteiger charge is 2.51. The Bertz CT molecular complexity index is 1970. The molecule has 6 atom stereocenters. The SMILES string of the molecule is COCCCN1CCOc2ccc(CO[C@H]3CN(S(=O)(=O)c4ccc(C)cc4)C[C@@H](O[Si](C(C)C)(C(C)C)C(C)C)[C@@H]3c3ccc(COCC(C)C(C)OC4CCCCO4)cc3)cc21. The van der Waals surface area contributed by atoms with Gasteiger partial charge in [0.1, 0.15) is 12.4 Å². The quantitative estimate of drug-likeness (QED) is 0.0715. The van der Waals surface area contributed by atoms with E-state index in [1.807, 2.05) is 25.1 Å². The zero-order valence-electron chi connectivity index (χ0n) is 40.4. The van der Waals surface area contributed by atoms with Crippen molar-refractivity contribution < 1.29 is 41.3 Å². The van der Waals surface area contributed by atoms with Crippen LogP contribution >= 0.6 is 0 Å². The van der Waals surface area contributed by atoms with Gasteiger partial charge in [-0.2, -0.15) is 4.31 Å². The molecule has 0 spiro atoms. The number of sulfonamides is 1. The van der Waals surface area contributed by atoms with Gasteiger partial charge >= 0.3 is 0 Å². The first-order chi connectivity index (χ1) is 30.6. The van der Waals surface area contributed by atoms with E-state index in [1.165, 1.54) is 0 Å². The number of methoxy groups -OCH3 is 1. The van der Waals surface area contributed by atoms with E-state index in [0.717, 1.165) is 79.1 Å². The van der Waals surface area contributed by atoms with Crippen molar-refractivity contribution in [1.82, 2.24) is 4.31 Å². The Balaban J connectivity index is 1.31. The molecule has 0 radical (unpaired) electrons. The molecule has 0 aliphatic carbocycles. The van der Waals surface area contributed by atoms with E-state index >= 15 is 0 Å². The van der Waals surface area contributed by atoms with Crippen LogP contribution in [0.1, 0.15) is 109 Å². The van der Waals surface area contributed by atoms with E-state index < -0.39 is 30.5 Å². The molecular formula is C51H78N2O9SSi. The molecular weight excluding hydrogens is 845 g/mol. The Kier molecular flexibility index (Phi) is 18.4. The average molecular weight is 923 g/mol. The van der Waals surface area contributed by atoms with Crippen molar-refractivity contribution in [2.75, 3.05) is 64.6 Å². The summed E-state index contributed by atoms with van der Waals surface area (Å²) in [5, 5.41) is 0. The number of rotatable bonds is 22. The van der Waals surface area contributed by atoms with Crippen LogP contribution in [0.4, 0.5) is 5.69 Å². The number of fused-ring (bicyclic) bond motifs is 1. The van der Waals surface area contributed by atoms with E-state index in [2.05, 4.69) is 96.7 Å². The van der Waals surface area contributed by atoms with Crippen LogP contribution in [-0.4, -0.2) is 105 Å². The highest BCUT2D eigenvalue weighted by molar-refractivity contribution is 7.89. The molecule has 64 heavy (non-hydrogen) atoms. The van der Waals surface area contributed by atoms with Gasteiger partial charge in [-0.25, -0.2) is 8.42 Å². The summed E-state index contributed by atoms with van der Waals surface area (Å²) in [6.07, 6.45) is 3.01. The number of benzene rings is 3. The molecule has 2 saturated heterocycles. The van der Waals surface area contributed by atoms with Crippen LogP contribution in [-0.2, 0) is 51.3 Å². The lowest BCUT2D eigenvalue weighted by atomic mass is 9.85. The van der Waals surface area contributed by atoms with Gasteiger partial charge in [-0.3, -0.25) is 0 Å². The zero-order chi connectivity index (χ0) is 46.0. The standard InChI is InChI=1S/C51H78N2O9SSi/c1-36(2)64(37(3)4,38(5)6)62-49-32-53(63(54,55)45-22-15-39(7)16-23-45)31-48(60-35-43-19-24-47-46(30-43)52(26-29-58-47)25-13-27-56-10)51(49)44-20-17-42(18-21-44)34-57-33-40(8)41(9)61-50-14-11-12-28-59-50/h15-24,30,36-38,40-41,48-51H,11-14,25-29,31-35H2,1-10H3/t40?,41?,48-,49+,50?,51+/m0/s1. The van der Waals surface area contributed by atoms with Crippen molar-refractivity contribution in [2.24, 2.45) is 5.92 Å². The summed E-state index contributed by atoms with van der Waals surface area (Å²) >= 11 is 0. The zero-order valence-corrected chi connectivity index (χ0v) is 42.2. The first-order valence-corrected chi connectivity index (χ1v) is 27.5. The maximum Gasteiger partial charge on any atom is 0.243 e. The number of hydrogen-bond acceptors (Lipinski definition) is 10. The van der Waals surface area contributed by atoms with Gasteiger partial charge in [0.15, 0.2) is 6.29 Å². The predicted molar refractivity (Wildman–Crippen MR) is 257 cm³/mol. The van der Waals surface area contributed by atoms with Gasteiger partial charge < -0.3 is 37.7 Å². The molecule has 0 saturated carbocycles. The van der Waals surface area contributed by atoms with Crippen molar-refractivity contribution in [3.05, 3.63) is 89.0 Å². The molecule has 3 heterocycles. The number of hydrogen-bond donors (Lipinski definition) is 0. The second-order valence-corrected chi connectivity index (χ2v) is 26.7. The lowest BCUT2D eigenvalue weighted by Crippen LogP contribution is -2.59. The number of ether oxygens (including phenoxy) is 6. The minimum Gasteiger partial charge on any atom is -0.490 e. The van der Waals surface area contributed by atoms with Crippen molar-refractivity contribution in [3.8, 4) is 5.75 Å². The minimum absolute atomic E-state index is 0.0210. The fraction of sp³-hybridized carbons (Fsp3) is 0.647. The molecule has 2 fully saturated rings. The first-order valence-electron chi connectivity index (χ1n) is 23.9. The average Bonchev–Trinajstić information content (AvgIpc) is 3.27. The molecule has 11 nitrogen and oxygen atoms in total. The Morgan fingerprint density at radius 2 is 1.50 bits per heavy atom. The van der Waals surface area contributed by atoms with E-state index in [1.54, 1.807) is 23.5 Å². The molecule has 0 aromatic heterocycles. The van der Waals surface area contributed by atoms with Gasteiger partial charge in [0, 0.05) is 51.8 Å². The Morgan fingerprint density at radius 1 is 0.812 bits per heavy atom. The Hall–Kier alpha value is -2.85. The lowest BCUT2D eigenvalue weighted by molar-refractivity contribution is -0.196. The minimum atomic E-state index is -3.90. The summed E-state index contributed by atoms with van der Waals surface area (Å²) in [5.74, 6) is 0.823. The van der Waals surface area contributed by atoms with Gasteiger partial charge in [-0.1, -0.05) is 96.5 Å². The molecule has 3 aromatic carbocycles. The molecule has 3 aliphatic rings. The van der Waals surface area contributed by atoms with E-state index in [0.29, 0.717) is 49.7 Å². The van der Waals surface area contributed by atoms with E-state index in [9.17, 15) is 8.42 Å². The topological polar surface area (TPSA) is 105 Å². The highest BCUT2D eigenvalue weighted by atomic mass is 32.2. The Morgan fingerprint density at radius 3 is 2.16 bits per heavy atom. The van der Waals surface area contributed by atoms with Crippen molar-refractivity contribution >= 4 is 24.0 Å². The van der Waals surface area contributed by atoms with Crippen LogP contribution in [0.25, 0.3) is 0 Å². The summed E-state index contributed by atoms with van der Waals surface area (Å²) in [5.41, 5.74) is 6.07. The molecule has 0 N–H and O–H groups in total. The third-order valence-corrected chi connectivity index (χ3v) is 21.8. The molecule has 3 aliphatic heterocycles. The van der Waals surface area contributed by atoms with Gasteiger partial charge in [-0.05, 0) is 97.1 Å². The van der Waals surface area contributed by atoms with Gasteiger partial charge in [0.05, 0.1) is 55.3 Å². The summed E-state index contributed by atoms with van der Waals surface area (Å²) in [7, 11) is -4.69. The fourth-order valence-corrected chi connectivity index (χ4v) is 17.2. The molecule has 13 heteroatoms. The second kappa shape index (κ2) is 23.2. The van der Waals surface area contributed by atoms with Crippen LogP contribution < -0.4 is 9.64 Å². The summed E-state index contributed by atoms with van der Waals surface area (Å²) in [6.45, 7) is 25.4. The van der Waals surface area contributed by atoms with Crippen LogP contribution in [0.5, 0.6) is 5.75 Å². The van der Waals surface area contributed by atoms with Crippen LogP contribution in [0, 0.1) is 12.8 Å². The number of aryl methyl sites for hydroxylation is 1. The molecule has 356 valence electrons. The third-order valence-electron chi connectivity index (χ3n) is 13.8. The van der Waals surface area contributed by atoms with E-state index in [4.69, 9.17) is 32.8 Å². The van der Waals surface area contributed by atoms with Crippen molar-refractivity contribution in [1.29, 1.82) is 0 Å². The van der Waals surface area contributed by atoms with Crippen molar-refractivity contribution in [2.45, 2.75) is 153 Å². The normalized spacial score (nSPS) is 22.2. The second-order valence-electron chi connectivity index (χ2n) is 19.3. The summed E-state index contributed by atoms with van der Waals surface area (Å²) in [4.78, 5) is 2.63. The van der Waals surface area contributed by atoms with Crippen molar-refractivity contribution in [3.63, 3.8) is 0 Å². The monoisotopic (exact) mass is 923 g/mol. The molecule has 0 amide bonds. The lowest BCUT2D eigenvalue weighted by Gasteiger charge is -2.50. The first kappa shape index (κ1) is 50.6. The fourth-order valence-electron chi connectivity index (χ4n) is 10.1. The maximum atomic E-state index is 14.7. The van der Waals surface area contributed by atoms with Crippen LogP contribution in [0.3, 0.4) is 0 Å². The predicted octanol–water partition coefficient (Wildman–Crippen LogP) is 10.2. The van der Waals surface area contributed by atoms with Crippen LogP contribution in [0.15, 0.2) is 71.6 Å². The van der Waals surface area contributed by atoms with Gasteiger partial charge in [-0.15, -0.1) is 0 Å². The molecule has 3 aromatic rings. The Labute approximate surface area is 386 Å². The summed E-state index contributed by atoms with van der Waals surface area (Å²) in [6, 6.07) is 22.0. The molecule has 6 rings (SSSR count). The van der Waals surface area contributed by atoms with E-state index in [-0.39, 0.29) is 42.2 Å². The number of piperidine rings is 1. The third kappa shape index (κ3) is 12.4. The van der Waals surface area contributed by atoms with Gasteiger partial charge in [0.25, 0.3) is 0 Å². The smallest absolute Gasteiger partial charge is 0.243 e. The highest BCUT2D eigenvalue weighted by Crippen LogP contribution is 2.47. The van der Waals surface area contributed by atoms with Crippen LogP contribution in [0.2, 0.25) is 16.6 Å². The largest absolute Gasteiger partial charge is 0.490 e. The molecule has 0 bridgehead atoms.